The monoisotopic (exact) mass is 251 g/mol. The Labute approximate surface area is 108 Å². The van der Waals surface area contributed by atoms with Crippen molar-refractivity contribution in [1.29, 1.82) is 0 Å². The number of thiophene rings is 1. The molecule has 1 unspecified atom stereocenters. The first-order chi connectivity index (χ1) is 8.13. The molecule has 1 aromatic heterocycles. The third-order valence-electron chi connectivity index (χ3n) is 3.68. The molecule has 94 valence electrons. The minimum Gasteiger partial charge on any atom is -0.335 e. The van der Waals surface area contributed by atoms with E-state index in [2.05, 4.69) is 26.8 Å². The van der Waals surface area contributed by atoms with Crippen LogP contribution in [0.5, 0.6) is 0 Å². The Morgan fingerprint density at radius 3 is 2.88 bits per heavy atom. The molecule has 3 heteroatoms. The van der Waals surface area contributed by atoms with Crippen LogP contribution in [0.1, 0.15) is 53.2 Å². The van der Waals surface area contributed by atoms with Gasteiger partial charge >= 0.3 is 0 Å². The van der Waals surface area contributed by atoms with Crippen molar-refractivity contribution < 1.29 is 4.79 Å². The van der Waals surface area contributed by atoms with Gasteiger partial charge in [-0.3, -0.25) is 4.79 Å². The van der Waals surface area contributed by atoms with E-state index in [1.165, 1.54) is 16.9 Å². The molecule has 2 rings (SSSR count). The highest BCUT2D eigenvalue weighted by molar-refractivity contribution is 7.14. The summed E-state index contributed by atoms with van der Waals surface area (Å²) in [5.74, 6) is 0.241. The van der Waals surface area contributed by atoms with Crippen molar-refractivity contribution >= 4 is 17.2 Å². The van der Waals surface area contributed by atoms with Crippen LogP contribution in [-0.2, 0) is 6.42 Å². The molecule has 0 N–H and O–H groups in total. The lowest BCUT2D eigenvalue weighted by Gasteiger charge is -2.33. The fraction of sp³-hybridized carbons (Fsp3) is 0.643. The second-order valence-corrected chi connectivity index (χ2v) is 6.15. The third kappa shape index (κ3) is 2.54. The summed E-state index contributed by atoms with van der Waals surface area (Å²) in [7, 11) is 0. The molecule has 1 fully saturated rings. The van der Waals surface area contributed by atoms with Crippen molar-refractivity contribution in [1.82, 2.24) is 4.90 Å². The van der Waals surface area contributed by atoms with Gasteiger partial charge in [0.05, 0.1) is 4.88 Å². The summed E-state index contributed by atoms with van der Waals surface area (Å²) < 4.78 is 0. The minimum absolute atomic E-state index is 0.241. The number of rotatable bonds is 2. The summed E-state index contributed by atoms with van der Waals surface area (Å²) in [5.41, 5.74) is 1.32. The summed E-state index contributed by atoms with van der Waals surface area (Å²) in [5, 5.41) is 0. The van der Waals surface area contributed by atoms with Gasteiger partial charge in [0.1, 0.15) is 0 Å². The Bertz CT molecular complexity index is 410. The number of hydrogen-bond donors (Lipinski definition) is 0. The number of aryl methyl sites for hydroxylation is 2. The maximum absolute atomic E-state index is 12.4. The predicted molar refractivity (Wildman–Crippen MR) is 72.8 cm³/mol. The average molecular weight is 251 g/mol. The van der Waals surface area contributed by atoms with E-state index in [1.54, 1.807) is 11.3 Å². The van der Waals surface area contributed by atoms with Crippen LogP contribution in [-0.4, -0.2) is 23.4 Å². The van der Waals surface area contributed by atoms with Gasteiger partial charge in [0.2, 0.25) is 0 Å². The summed E-state index contributed by atoms with van der Waals surface area (Å²) in [4.78, 5) is 16.7. The second kappa shape index (κ2) is 5.21. The molecule has 17 heavy (non-hydrogen) atoms. The first-order valence-corrected chi connectivity index (χ1v) is 7.35. The highest BCUT2D eigenvalue weighted by Gasteiger charge is 2.25. The first kappa shape index (κ1) is 12.6. The van der Waals surface area contributed by atoms with Gasteiger partial charge in [-0.1, -0.05) is 6.92 Å². The smallest absolute Gasteiger partial charge is 0.264 e. The largest absolute Gasteiger partial charge is 0.335 e. The predicted octanol–water partition coefficient (Wildman–Crippen LogP) is 3.63. The minimum atomic E-state index is 0.241. The molecular weight excluding hydrogens is 230 g/mol. The van der Waals surface area contributed by atoms with Gasteiger partial charge in [0.25, 0.3) is 5.91 Å². The third-order valence-corrected chi connectivity index (χ3v) is 4.76. The van der Waals surface area contributed by atoms with Gasteiger partial charge in [-0.15, -0.1) is 11.3 Å². The van der Waals surface area contributed by atoms with Crippen LogP contribution in [0.15, 0.2) is 6.07 Å². The Balaban J connectivity index is 2.17. The van der Waals surface area contributed by atoms with Gasteiger partial charge in [-0.25, -0.2) is 0 Å². The lowest BCUT2D eigenvalue weighted by molar-refractivity contribution is 0.0640. The maximum atomic E-state index is 12.4. The van der Waals surface area contributed by atoms with Gasteiger partial charge in [-0.2, -0.15) is 0 Å². The van der Waals surface area contributed by atoms with Crippen LogP contribution in [0.3, 0.4) is 0 Å². The van der Waals surface area contributed by atoms with Crippen molar-refractivity contribution in [3.05, 3.63) is 21.4 Å². The van der Waals surface area contributed by atoms with E-state index < -0.39 is 0 Å². The van der Waals surface area contributed by atoms with Crippen LogP contribution in [0.2, 0.25) is 0 Å². The van der Waals surface area contributed by atoms with E-state index in [9.17, 15) is 4.79 Å². The molecule has 1 aromatic rings. The number of nitrogens with zero attached hydrogens (tertiary/aromatic N) is 1. The molecule has 2 heterocycles. The Morgan fingerprint density at radius 2 is 2.29 bits per heavy atom. The Morgan fingerprint density at radius 1 is 1.53 bits per heavy atom. The fourth-order valence-electron chi connectivity index (χ4n) is 2.52. The molecule has 1 atom stereocenters. The molecule has 0 bridgehead atoms. The van der Waals surface area contributed by atoms with Crippen molar-refractivity contribution in [2.45, 2.75) is 52.5 Å². The summed E-state index contributed by atoms with van der Waals surface area (Å²) >= 11 is 1.65. The lowest BCUT2D eigenvalue weighted by Crippen LogP contribution is -2.41. The Hall–Kier alpha value is -0.830. The number of carbonyl (C=O) groups is 1. The number of likely N-dealkylation sites (tertiary alicyclic amines) is 1. The van der Waals surface area contributed by atoms with E-state index in [0.29, 0.717) is 6.04 Å². The van der Waals surface area contributed by atoms with E-state index >= 15 is 0 Å². The number of amides is 1. The van der Waals surface area contributed by atoms with E-state index in [1.807, 2.05) is 4.90 Å². The first-order valence-electron chi connectivity index (χ1n) is 6.53. The standard InChI is InChI=1S/C14H21NOS/c1-4-12-9-13(17-11(12)3)14(16)15-8-6-5-7-10(15)2/h9-10H,4-8H2,1-3H3. The zero-order chi connectivity index (χ0) is 12.4. The van der Waals surface area contributed by atoms with Crippen LogP contribution in [0.25, 0.3) is 0 Å². The van der Waals surface area contributed by atoms with Crippen LogP contribution in [0.4, 0.5) is 0 Å². The topological polar surface area (TPSA) is 20.3 Å². The molecule has 1 saturated heterocycles. The molecule has 0 radical (unpaired) electrons. The highest BCUT2D eigenvalue weighted by atomic mass is 32.1. The highest BCUT2D eigenvalue weighted by Crippen LogP contribution is 2.26. The molecule has 1 aliphatic heterocycles. The zero-order valence-corrected chi connectivity index (χ0v) is 11.8. The second-order valence-electron chi connectivity index (χ2n) is 4.89. The quantitative estimate of drug-likeness (QED) is 0.786. The molecule has 0 spiro atoms. The van der Waals surface area contributed by atoms with Gasteiger partial charge in [-0.05, 0) is 51.2 Å². The number of hydrogen-bond acceptors (Lipinski definition) is 2. The molecule has 1 aliphatic rings. The van der Waals surface area contributed by atoms with Crippen molar-refractivity contribution in [3.8, 4) is 0 Å². The van der Waals surface area contributed by atoms with Crippen molar-refractivity contribution in [3.63, 3.8) is 0 Å². The summed E-state index contributed by atoms with van der Waals surface area (Å²) in [6.45, 7) is 7.35. The van der Waals surface area contributed by atoms with Crippen LogP contribution < -0.4 is 0 Å². The number of piperidine rings is 1. The maximum Gasteiger partial charge on any atom is 0.264 e. The lowest BCUT2D eigenvalue weighted by atomic mass is 10.0. The molecule has 2 nitrogen and oxygen atoms in total. The Kier molecular flexibility index (Phi) is 3.87. The van der Waals surface area contributed by atoms with Gasteiger partial charge in [0.15, 0.2) is 0 Å². The molecule has 0 saturated carbocycles. The van der Waals surface area contributed by atoms with Crippen LogP contribution in [0, 0.1) is 6.92 Å². The normalized spacial score (nSPS) is 20.6. The summed E-state index contributed by atoms with van der Waals surface area (Å²) in [6, 6.07) is 2.49. The fourth-order valence-corrected chi connectivity index (χ4v) is 3.59. The number of carbonyl (C=O) groups excluding carboxylic acids is 1. The SMILES string of the molecule is CCc1cc(C(=O)N2CCCCC2C)sc1C. The van der Waals surface area contributed by atoms with Gasteiger partial charge in [0, 0.05) is 17.5 Å². The average Bonchev–Trinajstić information content (AvgIpc) is 2.70. The van der Waals surface area contributed by atoms with Gasteiger partial charge < -0.3 is 4.90 Å². The molecule has 1 amide bonds. The van der Waals surface area contributed by atoms with Crippen molar-refractivity contribution in [2.75, 3.05) is 6.54 Å². The van der Waals surface area contributed by atoms with E-state index in [0.717, 1.165) is 30.7 Å². The molecule has 0 aromatic carbocycles. The molecule has 0 aliphatic carbocycles. The van der Waals surface area contributed by atoms with E-state index in [4.69, 9.17) is 0 Å². The van der Waals surface area contributed by atoms with E-state index in [-0.39, 0.29) is 5.91 Å². The molecular formula is C14H21NOS. The van der Waals surface area contributed by atoms with Crippen LogP contribution >= 0.6 is 11.3 Å². The summed E-state index contributed by atoms with van der Waals surface area (Å²) in [6.07, 6.45) is 4.58. The van der Waals surface area contributed by atoms with Crippen molar-refractivity contribution in [2.24, 2.45) is 0 Å². The zero-order valence-electron chi connectivity index (χ0n) is 11.0.